The van der Waals surface area contributed by atoms with Crippen molar-refractivity contribution in [1.82, 2.24) is 4.98 Å². The van der Waals surface area contributed by atoms with Crippen LogP contribution in [0.1, 0.15) is 36.4 Å². The van der Waals surface area contributed by atoms with E-state index in [0.29, 0.717) is 43.7 Å². The van der Waals surface area contributed by atoms with E-state index in [-0.39, 0.29) is 11.7 Å². The van der Waals surface area contributed by atoms with Gasteiger partial charge in [-0.1, -0.05) is 22.0 Å². The molecular weight excluding hydrogens is 338 g/mol. The Morgan fingerprint density at radius 1 is 1.43 bits per heavy atom. The first-order valence-electron chi connectivity index (χ1n) is 7.08. The van der Waals surface area contributed by atoms with Crippen LogP contribution in [-0.4, -0.2) is 36.9 Å². The highest BCUT2D eigenvalue weighted by Gasteiger charge is 2.45. The summed E-state index contributed by atoms with van der Waals surface area (Å²) in [5.41, 5.74) is 1.78. The molecule has 0 N–H and O–H groups in total. The Kier molecular flexibility index (Phi) is 4.28. The molecule has 1 spiro atoms. The maximum atomic E-state index is 12.4. The minimum absolute atomic E-state index is 0.220. The fraction of sp³-hybridized carbons (Fsp3) is 0.600. The van der Waals surface area contributed by atoms with E-state index in [9.17, 15) is 4.79 Å². The number of rotatable bonds is 3. The number of pyridine rings is 1. The molecule has 0 amide bonds. The number of carbonyl (C=O) groups is 1. The summed E-state index contributed by atoms with van der Waals surface area (Å²) in [6.07, 6.45) is 1.70. The highest BCUT2D eigenvalue weighted by Crippen LogP contribution is 2.42. The van der Waals surface area contributed by atoms with Gasteiger partial charge in [-0.05, 0) is 5.56 Å². The quantitative estimate of drug-likeness (QED) is 0.780. The molecule has 1 unspecified atom stereocenters. The molecule has 1 aliphatic carbocycles. The molecular formula is C15H18BrNO4. The van der Waals surface area contributed by atoms with E-state index in [0.717, 1.165) is 11.3 Å². The Bertz CT molecular complexity index is 542. The van der Waals surface area contributed by atoms with Crippen LogP contribution >= 0.6 is 15.9 Å². The largest absolute Gasteiger partial charge is 0.481 e. The third-order valence-electron chi connectivity index (χ3n) is 4.16. The van der Waals surface area contributed by atoms with E-state index in [1.54, 1.807) is 13.2 Å². The summed E-state index contributed by atoms with van der Waals surface area (Å²) in [5, 5.41) is 0.581. The van der Waals surface area contributed by atoms with Gasteiger partial charge in [-0.2, -0.15) is 0 Å². The second-order valence-corrected chi connectivity index (χ2v) is 5.91. The molecule has 2 heterocycles. The summed E-state index contributed by atoms with van der Waals surface area (Å²) < 4.78 is 16.7. The molecule has 21 heavy (non-hydrogen) atoms. The standard InChI is InChI=1S/C15H18BrNO4/c1-19-14-3-2-10(12(9-16)17-14)11-8-15(5-4-13(11)18)20-6-7-21-15/h2-3,11H,4-9H2,1H3. The molecule has 0 aromatic carbocycles. The lowest BCUT2D eigenvalue weighted by Gasteiger charge is -2.35. The van der Waals surface area contributed by atoms with Crippen LogP contribution in [0.25, 0.3) is 0 Å². The lowest BCUT2D eigenvalue weighted by atomic mass is 9.79. The van der Waals surface area contributed by atoms with E-state index in [2.05, 4.69) is 20.9 Å². The highest BCUT2D eigenvalue weighted by atomic mass is 79.9. The number of carbonyl (C=O) groups excluding carboxylic acids is 1. The number of aromatic nitrogens is 1. The molecule has 1 aliphatic heterocycles. The van der Waals surface area contributed by atoms with E-state index >= 15 is 0 Å². The first-order chi connectivity index (χ1) is 10.2. The average molecular weight is 356 g/mol. The zero-order chi connectivity index (χ0) is 14.9. The Hall–Kier alpha value is -0.980. The summed E-state index contributed by atoms with van der Waals surface area (Å²) in [4.78, 5) is 16.8. The Morgan fingerprint density at radius 3 is 2.86 bits per heavy atom. The van der Waals surface area contributed by atoms with Crippen molar-refractivity contribution in [3.63, 3.8) is 0 Å². The van der Waals surface area contributed by atoms with Crippen molar-refractivity contribution in [3.05, 3.63) is 23.4 Å². The van der Waals surface area contributed by atoms with E-state index in [4.69, 9.17) is 14.2 Å². The minimum Gasteiger partial charge on any atom is -0.481 e. The second kappa shape index (κ2) is 6.02. The van der Waals surface area contributed by atoms with Crippen LogP contribution in [0, 0.1) is 0 Å². The predicted octanol–water partition coefficient (Wildman–Crippen LogP) is 2.56. The zero-order valence-electron chi connectivity index (χ0n) is 11.9. The smallest absolute Gasteiger partial charge is 0.213 e. The Morgan fingerprint density at radius 2 is 2.19 bits per heavy atom. The maximum absolute atomic E-state index is 12.4. The highest BCUT2D eigenvalue weighted by molar-refractivity contribution is 9.08. The van der Waals surface area contributed by atoms with E-state index in [1.807, 2.05) is 6.07 Å². The number of methoxy groups -OCH3 is 1. The third kappa shape index (κ3) is 2.84. The van der Waals surface area contributed by atoms with Crippen LogP contribution in [-0.2, 0) is 19.6 Å². The van der Waals surface area contributed by atoms with Crippen molar-refractivity contribution in [2.24, 2.45) is 0 Å². The van der Waals surface area contributed by atoms with Crippen LogP contribution in [0.5, 0.6) is 5.88 Å². The molecule has 2 aliphatic rings. The van der Waals surface area contributed by atoms with Gasteiger partial charge in [0.1, 0.15) is 5.78 Å². The molecule has 6 heteroatoms. The summed E-state index contributed by atoms with van der Waals surface area (Å²) in [6.45, 7) is 1.21. The van der Waals surface area contributed by atoms with Crippen molar-refractivity contribution >= 4 is 21.7 Å². The number of halogens is 1. The summed E-state index contributed by atoms with van der Waals surface area (Å²) in [5.74, 6) is -0.0153. The topological polar surface area (TPSA) is 57.7 Å². The van der Waals surface area contributed by atoms with Crippen LogP contribution in [0.4, 0.5) is 0 Å². The van der Waals surface area contributed by atoms with Gasteiger partial charge < -0.3 is 14.2 Å². The van der Waals surface area contributed by atoms with Gasteiger partial charge in [0, 0.05) is 36.6 Å². The molecule has 0 bridgehead atoms. The fourth-order valence-corrected chi connectivity index (χ4v) is 3.54. The SMILES string of the molecule is COc1ccc(C2CC3(CCC2=O)OCCO3)c(CBr)n1. The number of hydrogen-bond acceptors (Lipinski definition) is 5. The number of ketones is 1. The summed E-state index contributed by atoms with van der Waals surface area (Å²) in [7, 11) is 1.58. The van der Waals surface area contributed by atoms with Crippen molar-refractivity contribution in [1.29, 1.82) is 0 Å². The molecule has 1 saturated heterocycles. The Balaban J connectivity index is 1.92. The van der Waals surface area contributed by atoms with Crippen molar-refractivity contribution in [2.75, 3.05) is 20.3 Å². The monoisotopic (exact) mass is 355 g/mol. The van der Waals surface area contributed by atoms with Gasteiger partial charge in [0.25, 0.3) is 0 Å². The molecule has 1 atom stereocenters. The van der Waals surface area contributed by atoms with Crippen molar-refractivity contribution < 1.29 is 19.0 Å². The van der Waals surface area contributed by atoms with E-state index in [1.165, 1.54) is 0 Å². The normalized spacial score (nSPS) is 24.5. The fourth-order valence-electron chi connectivity index (χ4n) is 3.09. The van der Waals surface area contributed by atoms with Gasteiger partial charge in [0.2, 0.25) is 5.88 Å². The predicted molar refractivity (Wildman–Crippen MR) is 79.7 cm³/mol. The maximum Gasteiger partial charge on any atom is 0.213 e. The van der Waals surface area contributed by atoms with Gasteiger partial charge in [-0.25, -0.2) is 4.98 Å². The van der Waals surface area contributed by atoms with Crippen LogP contribution < -0.4 is 4.74 Å². The molecule has 2 fully saturated rings. The van der Waals surface area contributed by atoms with E-state index < -0.39 is 5.79 Å². The number of nitrogens with zero attached hydrogens (tertiary/aromatic N) is 1. The van der Waals surface area contributed by atoms with Crippen LogP contribution in [0.15, 0.2) is 12.1 Å². The second-order valence-electron chi connectivity index (χ2n) is 5.35. The zero-order valence-corrected chi connectivity index (χ0v) is 13.5. The van der Waals surface area contributed by atoms with Crippen molar-refractivity contribution in [2.45, 2.75) is 36.3 Å². The Labute approximate surface area is 132 Å². The number of ether oxygens (including phenoxy) is 3. The van der Waals surface area contributed by atoms with Crippen molar-refractivity contribution in [3.8, 4) is 5.88 Å². The van der Waals surface area contributed by atoms with Gasteiger partial charge in [-0.15, -0.1) is 0 Å². The molecule has 114 valence electrons. The molecule has 0 radical (unpaired) electrons. The number of Topliss-reactive ketones (excluding diaryl/α,β-unsaturated/α-hetero) is 1. The van der Waals surface area contributed by atoms with Gasteiger partial charge in [-0.3, -0.25) is 4.79 Å². The average Bonchev–Trinajstić information content (AvgIpc) is 2.97. The minimum atomic E-state index is -0.581. The van der Waals surface area contributed by atoms with Crippen LogP contribution in [0.3, 0.4) is 0 Å². The molecule has 1 aromatic rings. The molecule has 3 rings (SSSR count). The molecule has 1 saturated carbocycles. The lowest BCUT2D eigenvalue weighted by molar-refractivity contribution is -0.183. The third-order valence-corrected chi connectivity index (χ3v) is 4.70. The first-order valence-corrected chi connectivity index (χ1v) is 8.20. The van der Waals surface area contributed by atoms with Gasteiger partial charge >= 0.3 is 0 Å². The molecule has 1 aromatic heterocycles. The van der Waals surface area contributed by atoms with Crippen LogP contribution in [0.2, 0.25) is 0 Å². The molecule has 5 nitrogen and oxygen atoms in total. The summed E-state index contributed by atoms with van der Waals surface area (Å²) >= 11 is 3.44. The van der Waals surface area contributed by atoms with Gasteiger partial charge in [0.15, 0.2) is 5.79 Å². The van der Waals surface area contributed by atoms with Gasteiger partial charge in [0.05, 0.1) is 26.0 Å². The summed E-state index contributed by atoms with van der Waals surface area (Å²) in [6, 6.07) is 3.73. The number of hydrogen-bond donors (Lipinski definition) is 0. The number of alkyl halides is 1. The lowest BCUT2D eigenvalue weighted by Crippen LogP contribution is -2.39. The first kappa shape index (κ1) is 14.9.